The summed E-state index contributed by atoms with van der Waals surface area (Å²) in [6.45, 7) is 5.92. The van der Waals surface area contributed by atoms with E-state index in [1.807, 2.05) is 6.07 Å². The Hall–Kier alpha value is -3.27. The Morgan fingerprint density at radius 1 is 1.18 bits per heavy atom. The van der Waals surface area contributed by atoms with Gasteiger partial charge >= 0.3 is 6.01 Å². The average Bonchev–Trinajstić information content (AvgIpc) is 3.31. The Morgan fingerprint density at radius 3 is 2.84 bits per heavy atom. The molecule has 4 heterocycles. The number of likely N-dealkylation sites (tertiary alicyclic amines) is 1. The highest BCUT2D eigenvalue weighted by molar-refractivity contribution is 6.36. The van der Waals surface area contributed by atoms with Crippen LogP contribution in [0.1, 0.15) is 19.8 Å². The second-order valence-corrected chi connectivity index (χ2v) is 10.6. The molecule has 2 saturated heterocycles. The lowest BCUT2D eigenvalue weighted by atomic mass is 10.0. The van der Waals surface area contributed by atoms with E-state index in [2.05, 4.69) is 39.1 Å². The first kappa shape index (κ1) is 25.0. The highest BCUT2D eigenvalue weighted by atomic mass is 35.5. The number of aromatic hydroxyl groups is 1. The van der Waals surface area contributed by atoms with E-state index in [0.29, 0.717) is 57.4 Å². The lowest BCUT2D eigenvalue weighted by molar-refractivity contribution is 0.188. The number of rotatable bonds is 5. The number of hydrogen-bond donors (Lipinski definition) is 2. The van der Waals surface area contributed by atoms with Gasteiger partial charge in [0.15, 0.2) is 5.65 Å². The number of hydrogen-bond acceptors (Lipinski definition) is 8. The fraction of sp³-hybridized carbons (Fsp3) is 0.393. The molecule has 0 amide bonds. The van der Waals surface area contributed by atoms with Gasteiger partial charge in [0, 0.05) is 47.7 Å². The fourth-order valence-corrected chi connectivity index (χ4v) is 5.82. The highest BCUT2D eigenvalue weighted by Gasteiger charge is 2.27. The van der Waals surface area contributed by atoms with Crippen molar-refractivity contribution in [3.63, 3.8) is 0 Å². The van der Waals surface area contributed by atoms with E-state index in [-0.39, 0.29) is 23.5 Å². The van der Waals surface area contributed by atoms with Gasteiger partial charge in [0.2, 0.25) is 0 Å². The van der Waals surface area contributed by atoms with Gasteiger partial charge in [-0.1, -0.05) is 23.7 Å². The summed E-state index contributed by atoms with van der Waals surface area (Å²) in [5, 5.41) is 16.0. The van der Waals surface area contributed by atoms with Gasteiger partial charge in [0.05, 0.1) is 5.39 Å². The Labute approximate surface area is 225 Å². The van der Waals surface area contributed by atoms with E-state index in [1.165, 1.54) is 12.1 Å². The number of benzene rings is 2. The lowest BCUT2D eigenvalue weighted by Crippen LogP contribution is -2.50. The molecule has 2 aromatic carbocycles. The third-order valence-corrected chi connectivity index (χ3v) is 7.93. The minimum absolute atomic E-state index is 0.00112. The summed E-state index contributed by atoms with van der Waals surface area (Å²) >= 11 is 6.52. The number of pyridine rings is 1. The molecule has 38 heavy (non-hydrogen) atoms. The minimum atomic E-state index is -0.543. The summed E-state index contributed by atoms with van der Waals surface area (Å²) in [6, 6.07) is 10.5. The molecule has 6 rings (SSSR count). The van der Waals surface area contributed by atoms with Crippen molar-refractivity contribution >= 4 is 39.2 Å². The molecule has 2 aliphatic rings. The van der Waals surface area contributed by atoms with E-state index in [4.69, 9.17) is 21.3 Å². The minimum Gasteiger partial charge on any atom is -0.508 e. The molecule has 0 spiro atoms. The van der Waals surface area contributed by atoms with Crippen LogP contribution in [0.4, 0.5) is 10.2 Å². The van der Waals surface area contributed by atoms with Crippen LogP contribution in [-0.4, -0.2) is 76.9 Å². The smallest absolute Gasteiger partial charge is 0.320 e. The van der Waals surface area contributed by atoms with Gasteiger partial charge in [0.1, 0.15) is 29.7 Å². The number of ether oxygens (including phenoxy) is 1. The molecular formula is C28H30ClFN6O2. The standard InChI is InChI=1S/C28H30ClFN6O2/c1-16-14-31-8-10-36(16)27-21-13-23(30)25(20-12-19(37)11-17-5-3-7-22(29)24(17)20)32-26(21)33-28(34-27)38-15-18-6-4-9-35(18)2/h3,5,7,11-13,16,18,31,37H,4,6,8-10,14-15H2,1-2H3. The summed E-state index contributed by atoms with van der Waals surface area (Å²) in [4.78, 5) is 18.5. The second-order valence-electron chi connectivity index (χ2n) is 10.2. The number of aromatic nitrogens is 3. The molecule has 2 aliphatic heterocycles. The van der Waals surface area contributed by atoms with Crippen LogP contribution in [0.3, 0.4) is 0 Å². The van der Waals surface area contributed by atoms with Crippen molar-refractivity contribution in [2.75, 3.05) is 44.7 Å². The summed E-state index contributed by atoms with van der Waals surface area (Å²) in [6.07, 6.45) is 2.20. The molecule has 2 N–H and O–H groups in total. The molecule has 0 radical (unpaired) electrons. The first-order valence-electron chi connectivity index (χ1n) is 13.0. The van der Waals surface area contributed by atoms with Crippen LogP contribution in [-0.2, 0) is 0 Å². The SMILES string of the molecule is CC1CNCCN1c1nc(OCC2CCCN2C)nc2nc(-c3cc(O)cc4cccc(Cl)c34)c(F)cc12. The fourth-order valence-electron chi connectivity index (χ4n) is 5.54. The zero-order chi connectivity index (χ0) is 26.4. The number of nitrogens with one attached hydrogen (secondary N) is 1. The van der Waals surface area contributed by atoms with Crippen molar-refractivity contribution in [1.29, 1.82) is 0 Å². The molecule has 2 fully saturated rings. The lowest BCUT2D eigenvalue weighted by Gasteiger charge is -2.35. The molecular weight excluding hydrogens is 507 g/mol. The largest absolute Gasteiger partial charge is 0.508 e. The van der Waals surface area contributed by atoms with Crippen LogP contribution in [0.2, 0.25) is 5.02 Å². The van der Waals surface area contributed by atoms with Gasteiger partial charge in [-0.3, -0.25) is 0 Å². The summed E-state index contributed by atoms with van der Waals surface area (Å²) in [5.41, 5.74) is 0.789. The van der Waals surface area contributed by atoms with Crippen molar-refractivity contribution in [3.8, 4) is 23.0 Å². The van der Waals surface area contributed by atoms with E-state index in [9.17, 15) is 5.11 Å². The van der Waals surface area contributed by atoms with Crippen molar-refractivity contribution in [1.82, 2.24) is 25.2 Å². The van der Waals surface area contributed by atoms with Crippen LogP contribution >= 0.6 is 11.6 Å². The van der Waals surface area contributed by atoms with Crippen LogP contribution in [0.5, 0.6) is 11.8 Å². The number of phenolic OH excluding ortho intramolecular Hbond substituents is 1. The number of nitrogens with zero attached hydrogens (tertiary/aromatic N) is 5. The Kier molecular flexibility index (Phi) is 6.67. The zero-order valence-corrected chi connectivity index (χ0v) is 22.2. The number of phenols is 1. The number of fused-ring (bicyclic) bond motifs is 2. The Morgan fingerprint density at radius 2 is 2.05 bits per heavy atom. The molecule has 2 aromatic heterocycles. The van der Waals surface area contributed by atoms with Gasteiger partial charge in [0.25, 0.3) is 0 Å². The molecule has 10 heteroatoms. The molecule has 0 aliphatic carbocycles. The molecule has 2 unspecified atom stereocenters. The van der Waals surface area contributed by atoms with Gasteiger partial charge in [-0.2, -0.15) is 9.97 Å². The Bertz CT molecular complexity index is 1520. The van der Waals surface area contributed by atoms with Gasteiger partial charge in [-0.15, -0.1) is 0 Å². The van der Waals surface area contributed by atoms with Crippen LogP contribution in [0, 0.1) is 5.82 Å². The summed E-state index contributed by atoms with van der Waals surface area (Å²) in [5.74, 6) is 0.0625. The maximum absolute atomic E-state index is 15.8. The number of halogens is 2. The summed E-state index contributed by atoms with van der Waals surface area (Å²) < 4.78 is 21.9. The second kappa shape index (κ2) is 10.1. The molecule has 8 nitrogen and oxygen atoms in total. The molecule has 4 aromatic rings. The average molecular weight is 537 g/mol. The number of anilines is 1. The molecule has 0 bridgehead atoms. The quantitative estimate of drug-likeness (QED) is 0.382. The van der Waals surface area contributed by atoms with Crippen molar-refractivity contribution in [2.45, 2.75) is 31.8 Å². The summed E-state index contributed by atoms with van der Waals surface area (Å²) in [7, 11) is 2.09. The van der Waals surface area contributed by atoms with Crippen molar-refractivity contribution in [2.24, 2.45) is 0 Å². The third kappa shape index (κ3) is 4.59. The van der Waals surface area contributed by atoms with Crippen molar-refractivity contribution in [3.05, 3.63) is 47.2 Å². The van der Waals surface area contributed by atoms with Crippen LogP contribution in [0.25, 0.3) is 33.1 Å². The van der Waals surface area contributed by atoms with Crippen molar-refractivity contribution < 1.29 is 14.2 Å². The maximum Gasteiger partial charge on any atom is 0.320 e. The monoisotopic (exact) mass is 536 g/mol. The van der Waals surface area contributed by atoms with Gasteiger partial charge in [-0.25, -0.2) is 9.37 Å². The third-order valence-electron chi connectivity index (χ3n) is 7.62. The number of piperazine rings is 1. The van der Waals surface area contributed by atoms with Gasteiger partial charge < -0.3 is 25.0 Å². The van der Waals surface area contributed by atoms with Gasteiger partial charge in [-0.05, 0) is 63.0 Å². The number of likely N-dealkylation sites (N-methyl/N-ethyl adjacent to an activating group) is 1. The molecule has 2 atom stereocenters. The van der Waals surface area contributed by atoms with E-state index < -0.39 is 5.82 Å². The predicted molar refractivity (Wildman–Crippen MR) is 148 cm³/mol. The zero-order valence-electron chi connectivity index (χ0n) is 21.4. The normalized spacial score (nSPS) is 20.5. The first-order valence-corrected chi connectivity index (χ1v) is 13.4. The topological polar surface area (TPSA) is 86.6 Å². The first-order chi connectivity index (χ1) is 18.4. The predicted octanol–water partition coefficient (Wildman–Crippen LogP) is 4.61. The molecule has 0 saturated carbocycles. The van der Waals surface area contributed by atoms with E-state index in [0.717, 1.165) is 32.5 Å². The molecule has 198 valence electrons. The maximum atomic E-state index is 15.8. The van der Waals surface area contributed by atoms with Crippen LogP contribution < -0.4 is 15.0 Å². The van der Waals surface area contributed by atoms with E-state index >= 15 is 4.39 Å². The van der Waals surface area contributed by atoms with Crippen LogP contribution in [0.15, 0.2) is 36.4 Å². The Balaban J connectivity index is 1.51. The van der Waals surface area contributed by atoms with E-state index in [1.54, 1.807) is 18.2 Å². The highest BCUT2D eigenvalue weighted by Crippen LogP contribution is 2.39.